The van der Waals surface area contributed by atoms with Gasteiger partial charge in [-0.15, -0.1) is 0 Å². The van der Waals surface area contributed by atoms with Crippen LogP contribution in [0.1, 0.15) is 5.56 Å². The fraction of sp³-hybridized carbons (Fsp3) is 0.250. The second-order valence-electron chi connectivity index (χ2n) is 2.94. The topological polar surface area (TPSA) is 40.3 Å². The van der Waals surface area contributed by atoms with Crippen molar-refractivity contribution in [2.75, 3.05) is 12.5 Å². The molecule has 1 aromatic rings. The van der Waals surface area contributed by atoms with Crippen molar-refractivity contribution in [3.8, 4) is 0 Å². The molecule has 0 spiro atoms. The lowest BCUT2D eigenvalue weighted by Crippen LogP contribution is -3.05. The van der Waals surface area contributed by atoms with Crippen molar-refractivity contribution in [2.24, 2.45) is 0 Å². The second kappa shape index (κ2) is 4.38. The Labute approximate surface area is 93.1 Å². The van der Waals surface area contributed by atoms with Crippen LogP contribution in [0.25, 0.3) is 5.84 Å². The van der Waals surface area contributed by atoms with E-state index >= 15 is 0 Å². The molecule has 1 atom stereocenters. The highest BCUT2D eigenvalue weighted by Crippen LogP contribution is 2.35. The molecule has 0 bridgehead atoms. The molecule has 0 saturated heterocycles. The molecule has 0 saturated carbocycles. The van der Waals surface area contributed by atoms with Gasteiger partial charge in [0, 0.05) is 4.47 Å². The van der Waals surface area contributed by atoms with Gasteiger partial charge in [-0.1, -0.05) is 15.9 Å². The Bertz CT molecular complexity index is 351. The summed E-state index contributed by atoms with van der Waals surface area (Å²) in [5.74, 6) is 7.10. The van der Waals surface area contributed by atoms with E-state index < -0.39 is 11.7 Å². The largest absolute Gasteiger partial charge is 0.443 e. The van der Waals surface area contributed by atoms with E-state index in [4.69, 9.17) is 5.84 Å². The minimum absolute atomic E-state index is 0.0391. The van der Waals surface area contributed by atoms with Gasteiger partial charge in [0.05, 0.1) is 18.3 Å². The first-order valence-electron chi connectivity index (χ1n) is 3.99. The molecule has 0 aliphatic rings. The number of quaternary nitrogens is 1. The number of alkyl halides is 3. The van der Waals surface area contributed by atoms with E-state index in [1.165, 1.54) is 19.2 Å². The number of nitrogens with one attached hydrogen (secondary N) is 3. The van der Waals surface area contributed by atoms with E-state index in [1.54, 1.807) is 0 Å². The van der Waals surface area contributed by atoms with Crippen molar-refractivity contribution in [1.29, 1.82) is 0 Å². The zero-order chi connectivity index (χ0) is 11.6. The van der Waals surface area contributed by atoms with Crippen LogP contribution in [0.2, 0.25) is 0 Å². The fourth-order valence-electron chi connectivity index (χ4n) is 1.06. The molecule has 0 amide bonds. The average Bonchev–Trinajstić information content (AvgIpc) is 2.05. The van der Waals surface area contributed by atoms with E-state index in [-0.39, 0.29) is 10.8 Å². The fourth-order valence-corrected chi connectivity index (χ4v) is 1.42. The molecule has 1 aromatic carbocycles. The lowest BCUT2D eigenvalue weighted by Gasteiger charge is -2.20. The van der Waals surface area contributed by atoms with Crippen LogP contribution < -0.4 is 10.5 Å². The van der Waals surface area contributed by atoms with Gasteiger partial charge in [-0.05, 0) is 18.2 Å². The number of benzene rings is 1. The molecule has 1 unspecified atom stereocenters. The van der Waals surface area contributed by atoms with Gasteiger partial charge in [-0.25, -0.2) is 5.43 Å². The molecule has 0 aliphatic carbocycles. The summed E-state index contributed by atoms with van der Waals surface area (Å²) in [7, 11) is 1.38. The standard InChI is InChI=1S/C8H9BrF3N3/c1-15(13)14-7-3-2-5(9)4-6(7)8(10,11)12/h2-4,13-15H,1H3. The highest BCUT2D eigenvalue weighted by Gasteiger charge is 2.34. The third-order valence-electron chi connectivity index (χ3n) is 1.61. The SMILES string of the molecule is C[NH+]([NH-])Nc1ccc(Br)cc1C(F)(F)F. The molecule has 7 heteroatoms. The Morgan fingerprint density at radius 3 is 2.47 bits per heavy atom. The summed E-state index contributed by atoms with van der Waals surface area (Å²) in [6.45, 7) is 0. The van der Waals surface area contributed by atoms with Crippen LogP contribution in [-0.4, -0.2) is 7.05 Å². The summed E-state index contributed by atoms with van der Waals surface area (Å²) in [4.78, 5) is 0. The lowest BCUT2D eigenvalue weighted by molar-refractivity contribution is -0.801. The van der Waals surface area contributed by atoms with Crippen molar-refractivity contribution in [3.63, 3.8) is 0 Å². The smallest absolute Gasteiger partial charge is 0.418 e. The molecule has 3 N–H and O–H groups in total. The zero-order valence-electron chi connectivity index (χ0n) is 7.74. The number of hydrogen-bond donors (Lipinski definition) is 2. The van der Waals surface area contributed by atoms with Crippen LogP contribution in [0.3, 0.4) is 0 Å². The Kier molecular flexibility index (Phi) is 3.58. The highest BCUT2D eigenvalue weighted by molar-refractivity contribution is 9.10. The maximum absolute atomic E-state index is 12.5. The molecule has 1 rings (SSSR count). The van der Waals surface area contributed by atoms with Crippen LogP contribution in [0.5, 0.6) is 0 Å². The van der Waals surface area contributed by atoms with Gasteiger partial charge in [0.25, 0.3) is 0 Å². The van der Waals surface area contributed by atoms with Crippen LogP contribution in [0, 0.1) is 0 Å². The minimum atomic E-state index is -4.43. The van der Waals surface area contributed by atoms with Crippen molar-refractivity contribution < 1.29 is 18.3 Å². The van der Waals surface area contributed by atoms with Gasteiger partial charge in [0.2, 0.25) is 0 Å². The quantitative estimate of drug-likeness (QED) is 0.804. The number of halogens is 4. The van der Waals surface area contributed by atoms with Gasteiger partial charge in [-0.2, -0.15) is 13.2 Å². The van der Waals surface area contributed by atoms with Gasteiger partial charge in [0.15, 0.2) is 0 Å². The van der Waals surface area contributed by atoms with Crippen LogP contribution in [0.4, 0.5) is 18.9 Å². The van der Waals surface area contributed by atoms with Gasteiger partial charge < -0.3 is 11.0 Å². The molecule has 3 nitrogen and oxygen atoms in total. The average molecular weight is 284 g/mol. The van der Waals surface area contributed by atoms with Gasteiger partial charge >= 0.3 is 6.18 Å². The molecular formula is C8H9BrF3N3. The predicted molar refractivity (Wildman–Crippen MR) is 54.0 cm³/mol. The first-order chi connectivity index (χ1) is 6.80. The summed E-state index contributed by atoms with van der Waals surface area (Å²) in [5, 5.41) is -0.0391. The van der Waals surface area contributed by atoms with E-state index in [2.05, 4.69) is 21.4 Å². The Morgan fingerprint density at radius 1 is 1.40 bits per heavy atom. The summed E-state index contributed by atoms with van der Waals surface area (Å²) < 4.78 is 38.0. The highest BCUT2D eigenvalue weighted by atomic mass is 79.9. The van der Waals surface area contributed by atoms with E-state index in [0.717, 1.165) is 6.07 Å². The van der Waals surface area contributed by atoms with E-state index in [0.29, 0.717) is 4.47 Å². The molecule has 0 aromatic heterocycles. The van der Waals surface area contributed by atoms with Crippen molar-refractivity contribution in [1.82, 2.24) is 0 Å². The summed E-state index contributed by atoms with van der Waals surface area (Å²) >= 11 is 2.97. The second-order valence-corrected chi connectivity index (χ2v) is 3.85. The van der Waals surface area contributed by atoms with Crippen molar-refractivity contribution in [2.45, 2.75) is 6.18 Å². The summed E-state index contributed by atoms with van der Waals surface area (Å²) in [6, 6.07) is 3.75. The maximum atomic E-state index is 12.5. The van der Waals surface area contributed by atoms with Crippen LogP contribution in [-0.2, 0) is 6.18 Å². The number of hydrogen-bond acceptors (Lipinski definition) is 1. The number of anilines is 1. The molecule has 0 heterocycles. The molecule has 0 aliphatic heterocycles. The minimum Gasteiger partial charge on any atom is -0.443 e. The molecular weight excluding hydrogens is 275 g/mol. The summed E-state index contributed by atoms with van der Waals surface area (Å²) in [6.07, 6.45) is -4.43. The molecule has 0 fully saturated rings. The monoisotopic (exact) mass is 283 g/mol. The Balaban J connectivity index is 3.15. The van der Waals surface area contributed by atoms with Crippen molar-refractivity contribution in [3.05, 3.63) is 34.1 Å². The van der Waals surface area contributed by atoms with Crippen LogP contribution in [0.15, 0.2) is 22.7 Å². The molecule has 84 valence electrons. The normalized spacial score (nSPS) is 13.7. The lowest BCUT2D eigenvalue weighted by atomic mass is 10.2. The van der Waals surface area contributed by atoms with Crippen LogP contribution >= 0.6 is 15.9 Å². The van der Waals surface area contributed by atoms with Gasteiger partial charge in [-0.3, -0.25) is 0 Å². The first-order valence-corrected chi connectivity index (χ1v) is 4.79. The third-order valence-corrected chi connectivity index (χ3v) is 2.10. The van der Waals surface area contributed by atoms with E-state index in [9.17, 15) is 13.2 Å². The van der Waals surface area contributed by atoms with E-state index in [1.807, 2.05) is 0 Å². The van der Waals surface area contributed by atoms with Gasteiger partial charge in [0.1, 0.15) is 0 Å². The number of rotatable bonds is 2. The first kappa shape index (κ1) is 12.3. The predicted octanol–water partition coefficient (Wildman–Crippen LogP) is 2.28. The Morgan fingerprint density at radius 2 is 2.00 bits per heavy atom. The zero-order valence-corrected chi connectivity index (χ0v) is 9.33. The molecule has 15 heavy (non-hydrogen) atoms. The summed E-state index contributed by atoms with van der Waals surface area (Å²) in [5.41, 5.74) is 1.45. The Hall–Kier alpha value is -0.790. The third kappa shape index (κ3) is 3.37. The van der Waals surface area contributed by atoms with Crippen molar-refractivity contribution >= 4 is 21.6 Å². The maximum Gasteiger partial charge on any atom is 0.418 e. The molecule has 0 radical (unpaired) electrons.